The highest BCUT2D eigenvalue weighted by molar-refractivity contribution is 5.94. The van der Waals surface area contributed by atoms with Gasteiger partial charge in [0, 0.05) is 0 Å². The lowest BCUT2D eigenvalue weighted by Crippen LogP contribution is -2.29. The van der Waals surface area contributed by atoms with Gasteiger partial charge in [0.2, 0.25) is 0 Å². The Balaban J connectivity index is 2.59. The average Bonchev–Trinajstić information content (AvgIpc) is 2.30. The van der Waals surface area contributed by atoms with Crippen molar-refractivity contribution in [2.75, 3.05) is 13.2 Å². The summed E-state index contributed by atoms with van der Waals surface area (Å²) < 4.78 is 9.64. The van der Waals surface area contributed by atoms with E-state index in [2.05, 4.69) is 5.32 Å². The number of allylic oxidation sites excluding steroid dienone is 2. The molecule has 0 atom stereocenters. The Morgan fingerprint density at radius 1 is 1.12 bits per heavy atom. The third kappa shape index (κ3) is 3.12. The molecule has 88 valence electrons. The Bertz CT molecular complexity index is 312. The summed E-state index contributed by atoms with van der Waals surface area (Å²) in [4.78, 5) is 22.8. The molecule has 5 heteroatoms. The van der Waals surface area contributed by atoms with Crippen molar-refractivity contribution in [3.05, 3.63) is 23.5 Å². The maximum absolute atomic E-state index is 11.4. The van der Waals surface area contributed by atoms with E-state index < -0.39 is 11.9 Å². The Morgan fingerprint density at radius 2 is 1.56 bits per heavy atom. The van der Waals surface area contributed by atoms with Gasteiger partial charge in [0.25, 0.3) is 0 Å². The van der Waals surface area contributed by atoms with Crippen molar-refractivity contribution in [3.63, 3.8) is 0 Å². The van der Waals surface area contributed by atoms with Crippen LogP contribution in [0, 0.1) is 0 Å². The van der Waals surface area contributed by atoms with Gasteiger partial charge in [-0.05, 0) is 32.4 Å². The van der Waals surface area contributed by atoms with Crippen LogP contribution in [0.15, 0.2) is 23.5 Å². The molecule has 0 saturated heterocycles. The summed E-state index contributed by atoms with van der Waals surface area (Å²) in [5.41, 5.74) is 0.569. The quantitative estimate of drug-likeness (QED) is 0.719. The first-order valence-electron chi connectivity index (χ1n) is 5.20. The lowest BCUT2D eigenvalue weighted by molar-refractivity contribution is -0.139. The second-order valence-corrected chi connectivity index (χ2v) is 3.04. The third-order valence-electron chi connectivity index (χ3n) is 1.90. The molecular formula is C11H15NO4. The molecule has 0 radical (unpaired) electrons. The summed E-state index contributed by atoms with van der Waals surface area (Å²) in [7, 11) is 0. The van der Waals surface area contributed by atoms with Crippen LogP contribution in [0.25, 0.3) is 0 Å². The Hall–Kier alpha value is -1.78. The zero-order valence-electron chi connectivity index (χ0n) is 9.41. The number of esters is 2. The van der Waals surface area contributed by atoms with Crippen molar-refractivity contribution >= 4 is 11.9 Å². The molecule has 1 N–H and O–H groups in total. The topological polar surface area (TPSA) is 64.6 Å². The second-order valence-electron chi connectivity index (χ2n) is 3.04. The maximum Gasteiger partial charge on any atom is 0.354 e. The summed E-state index contributed by atoms with van der Waals surface area (Å²) in [5, 5.41) is 2.70. The van der Waals surface area contributed by atoms with E-state index in [1.165, 1.54) is 0 Å². The fraction of sp³-hybridized carbons (Fsp3) is 0.455. The van der Waals surface area contributed by atoms with Crippen molar-refractivity contribution in [1.29, 1.82) is 0 Å². The molecule has 1 rings (SSSR count). The minimum Gasteiger partial charge on any atom is -0.461 e. The molecule has 0 aliphatic carbocycles. The van der Waals surface area contributed by atoms with Gasteiger partial charge in [0.1, 0.15) is 11.4 Å². The number of hydrogen-bond acceptors (Lipinski definition) is 5. The van der Waals surface area contributed by atoms with Crippen molar-refractivity contribution < 1.29 is 19.1 Å². The van der Waals surface area contributed by atoms with E-state index in [1.54, 1.807) is 26.0 Å². The van der Waals surface area contributed by atoms with Gasteiger partial charge >= 0.3 is 11.9 Å². The molecule has 0 aromatic heterocycles. The highest BCUT2D eigenvalue weighted by atomic mass is 16.5. The van der Waals surface area contributed by atoms with Gasteiger partial charge < -0.3 is 14.8 Å². The first kappa shape index (κ1) is 12.3. The van der Waals surface area contributed by atoms with Crippen molar-refractivity contribution in [3.8, 4) is 0 Å². The molecule has 1 aliphatic heterocycles. The largest absolute Gasteiger partial charge is 0.461 e. The molecule has 0 aromatic rings. The van der Waals surface area contributed by atoms with E-state index in [9.17, 15) is 9.59 Å². The predicted molar refractivity (Wildman–Crippen MR) is 57.2 cm³/mol. The highest BCUT2D eigenvalue weighted by Gasteiger charge is 2.19. The zero-order chi connectivity index (χ0) is 12.0. The number of carbonyl (C=O) groups excluding carboxylic acids is 2. The number of carbonyl (C=O) groups is 2. The standard InChI is InChI=1S/C11H15NO4/c1-3-15-10(13)8-6-5-7-9(12-8)11(14)16-4-2/h6-7,12H,3-5H2,1-2H3. The van der Waals surface area contributed by atoms with Gasteiger partial charge in [0.15, 0.2) is 0 Å². The monoisotopic (exact) mass is 225 g/mol. The molecule has 1 aliphatic rings. The summed E-state index contributed by atoms with van der Waals surface area (Å²) in [6.07, 6.45) is 3.84. The SMILES string of the molecule is CCOC(=O)C1=CCC=C(C(=O)OCC)N1. The van der Waals surface area contributed by atoms with Crippen LogP contribution in [-0.4, -0.2) is 25.2 Å². The van der Waals surface area contributed by atoms with E-state index in [0.717, 1.165) is 0 Å². The molecule has 0 unspecified atom stereocenters. The molecule has 0 saturated carbocycles. The Morgan fingerprint density at radius 3 is 1.94 bits per heavy atom. The molecule has 0 bridgehead atoms. The van der Waals surface area contributed by atoms with Crippen LogP contribution in [-0.2, 0) is 19.1 Å². The van der Waals surface area contributed by atoms with Crippen LogP contribution in [0.2, 0.25) is 0 Å². The van der Waals surface area contributed by atoms with Gasteiger partial charge in [0.05, 0.1) is 13.2 Å². The fourth-order valence-electron chi connectivity index (χ4n) is 1.23. The van der Waals surface area contributed by atoms with E-state index in [-0.39, 0.29) is 11.4 Å². The van der Waals surface area contributed by atoms with E-state index in [4.69, 9.17) is 9.47 Å². The summed E-state index contributed by atoms with van der Waals surface area (Å²) in [6.45, 7) is 4.05. The number of ether oxygens (including phenoxy) is 2. The summed E-state index contributed by atoms with van der Waals surface area (Å²) in [5.74, 6) is -0.921. The van der Waals surface area contributed by atoms with Crippen LogP contribution >= 0.6 is 0 Å². The molecule has 0 aromatic carbocycles. The van der Waals surface area contributed by atoms with Crippen molar-refractivity contribution in [1.82, 2.24) is 5.32 Å². The number of dihydropyridines is 1. The highest BCUT2D eigenvalue weighted by Crippen LogP contribution is 2.10. The Labute approximate surface area is 94.1 Å². The summed E-state index contributed by atoms with van der Waals surface area (Å²) in [6, 6.07) is 0. The first-order chi connectivity index (χ1) is 7.69. The van der Waals surface area contributed by atoms with Crippen LogP contribution in [0.4, 0.5) is 0 Å². The molecule has 0 amide bonds. The number of rotatable bonds is 4. The minimum atomic E-state index is -0.461. The number of nitrogens with one attached hydrogen (secondary N) is 1. The predicted octanol–water partition coefficient (Wildman–Crippen LogP) is 0.874. The molecule has 1 heterocycles. The van der Waals surface area contributed by atoms with Crippen molar-refractivity contribution in [2.24, 2.45) is 0 Å². The zero-order valence-corrected chi connectivity index (χ0v) is 9.41. The average molecular weight is 225 g/mol. The minimum absolute atomic E-state index is 0.285. The lowest BCUT2D eigenvalue weighted by Gasteiger charge is -2.15. The molecule has 5 nitrogen and oxygen atoms in total. The van der Waals surface area contributed by atoms with Gasteiger partial charge in [-0.1, -0.05) is 0 Å². The van der Waals surface area contributed by atoms with Gasteiger partial charge in [-0.25, -0.2) is 9.59 Å². The van der Waals surface area contributed by atoms with Gasteiger partial charge in [-0.2, -0.15) is 0 Å². The normalized spacial score (nSPS) is 14.4. The fourth-order valence-corrected chi connectivity index (χ4v) is 1.23. The molecule has 0 fully saturated rings. The van der Waals surface area contributed by atoms with Crippen molar-refractivity contribution in [2.45, 2.75) is 20.3 Å². The first-order valence-corrected chi connectivity index (χ1v) is 5.20. The second kappa shape index (κ2) is 5.95. The number of hydrogen-bond donors (Lipinski definition) is 1. The molecule has 0 spiro atoms. The summed E-state index contributed by atoms with van der Waals surface area (Å²) >= 11 is 0. The molecule has 16 heavy (non-hydrogen) atoms. The van der Waals surface area contributed by atoms with Crippen LogP contribution in [0.1, 0.15) is 20.3 Å². The van der Waals surface area contributed by atoms with Crippen LogP contribution < -0.4 is 5.32 Å². The van der Waals surface area contributed by atoms with E-state index >= 15 is 0 Å². The van der Waals surface area contributed by atoms with Gasteiger partial charge in [-0.3, -0.25) is 0 Å². The smallest absolute Gasteiger partial charge is 0.354 e. The third-order valence-corrected chi connectivity index (χ3v) is 1.90. The van der Waals surface area contributed by atoms with E-state index in [1.807, 2.05) is 0 Å². The molecular weight excluding hydrogens is 210 g/mol. The van der Waals surface area contributed by atoms with Crippen LogP contribution in [0.5, 0.6) is 0 Å². The maximum atomic E-state index is 11.4. The lowest BCUT2D eigenvalue weighted by atomic mass is 10.2. The Kier molecular flexibility index (Phi) is 4.57. The van der Waals surface area contributed by atoms with E-state index in [0.29, 0.717) is 19.6 Å². The van der Waals surface area contributed by atoms with Crippen LogP contribution in [0.3, 0.4) is 0 Å². The van der Waals surface area contributed by atoms with Gasteiger partial charge in [-0.15, -0.1) is 0 Å².